The molecule has 2 fully saturated rings. The number of pyridine rings is 1. The molecule has 2 N–H and O–H groups in total. The molecule has 6 heteroatoms. The number of hydrogen-bond acceptors (Lipinski definition) is 6. The molecular weight excluding hydrogens is 290 g/mol. The summed E-state index contributed by atoms with van der Waals surface area (Å²) in [7, 11) is 0. The fraction of sp³-hybridized carbons (Fsp3) is 0.471. The first kappa shape index (κ1) is 14.4. The lowest BCUT2D eigenvalue weighted by atomic mass is 9.98. The topological polar surface area (TPSA) is 72.0 Å². The SMILES string of the molecule is c1cc(C2CC(Nc3cc(NC4CC4)ncn3)CCO2)ccn1. The van der Waals surface area contributed by atoms with Gasteiger partial charge in [0.2, 0.25) is 0 Å². The van der Waals surface area contributed by atoms with Gasteiger partial charge in [-0.3, -0.25) is 4.98 Å². The van der Waals surface area contributed by atoms with Gasteiger partial charge in [0, 0.05) is 37.2 Å². The van der Waals surface area contributed by atoms with Gasteiger partial charge in [-0.05, 0) is 43.4 Å². The Morgan fingerprint density at radius 3 is 2.43 bits per heavy atom. The Bertz CT molecular complexity index is 646. The van der Waals surface area contributed by atoms with Crippen molar-refractivity contribution in [3.05, 3.63) is 42.5 Å². The van der Waals surface area contributed by atoms with Gasteiger partial charge >= 0.3 is 0 Å². The Labute approximate surface area is 135 Å². The first-order valence-electron chi connectivity index (χ1n) is 8.23. The molecule has 0 spiro atoms. The molecule has 6 nitrogen and oxygen atoms in total. The summed E-state index contributed by atoms with van der Waals surface area (Å²) in [5, 5.41) is 6.93. The summed E-state index contributed by atoms with van der Waals surface area (Å²) >= 11 is 0. The number of rotatable bonds is 5. The highest BCUT2D eigenvalue weighted by Crippen LogP contribution is 2.29. The highest BCUT2D eigenvalue weighted by Gasteiger charge is 2.25. The van der Waals surface area contributed by atoms with Crippen LogP contribution in [0.4, 0.5) is 11.6 Å². The minimum atomic E-state index is 0.121. The van der Waals surface area contributed by atoms with Gasteiger partial charge < -0.3 is 15.4 Å². The molecule has 3 heterocycles. The van der Waals surface area contributed by atoms with Crippen LogP contribution in [0.25, 0.3) is 0 Å². The van der Waals surface area contributed by atoms with Crippen molar-refractivity contribution >= 4 is 11.6 Å². The van der Waals surface area contributed by atoms with E-state index in [0.717, 1.165) is 31.1 Å². The highest BCUT2D eigenvalue weighted by atomic mass is 16.5. The zero-order valence-corrected chi connectivity index (χ0v) is 13.0. The largest absolute Gasteiger partial charge is 0.373 e. The summed E-state index contributed by atoms with van der Waals surface area (Å²) < 4.78 is 5.90. The van der Waals surface area contributed by atoms with Gasteiger partial charge in [0.15, 0.2) is 0 Å². The van der Waals surface area contributed by atoms with E-state index in [1.807, 2.05) is 30.6 Å². The van der Waals surface area contributed by atoms with E-state index in [1.54, 1.807) is 6.33 Å². The summed E-state index contributed by atoms with van der Waals surface area (Å²) in [6.07, 6.45) is 9.76. The van der Waals surface area contributed by atoms with E-state index in [4.69, 9.17) is 4.74 Å². The predicted octanol–water partition coefficient (Wildman–Crippen LogP) is 2.78. The number of aromatic nitrogens is 3. The van der Waals surface area contributed by atoms with Crippen molar-refractivity contribution in [2.24, 2.45) is 0 Å². The van der Waals surface area contributed by atoms with E-state index >= 15 is 0 Å². The third kappa shape index (κ3) is 3.76. The molecule has 2 aromatic heterocycles. The molecule has 2 aromatic rings. The Morgan fingerprint density at radius 2 is 1.70 bits per heavy atom. The average molecular weight is 311 g/mol. The number of nitrogens with one attached hydrogen (secondary N) is 2. The molecule has 2 aliphatic rings. The smallest absolute Gasteiger partial charge is 0.131 e. The van der Waals surface area contributed by atoms with Crippen LogP contribution in [0, 0.1) is 0 Å². The minimum absolute atomic E-state index is 0.121. The maximum absolute atomic E-state index is 5.90. The van der Waals surface area contributed by atoms with E-state index in [0.29, 0.717) is 12.1 Å². The molecule has 0 aromatic carbocycles. The Hall–Kier alpha value is -2.21. The van der Waals surface area contributed by atoms with Crippen molar-refractivity contribution in [1.82, 2.24) is 15.0 Å². The van der Waals surface area contributed by atoms with Crippen LogP contribution in [0.5, 0.6) is 0 Å². The van der Waals surface area contributed by atoms with Crippen molar-refractivity contribution in [3.63, 3.8) is 0 Å². The Morgan fingerprint density at radius 1 is 0.957 bits per heavy atom. The molecule has 1 saturated carbocycles. The van der Waals surface area contributed by atoms with Crippen molar-refractivity contribution in [2.45, 2.75) is 43.9 Å². The van der Waals surface area contributed by atoms with Gasteiger partial charge in [-0.1, -0.05) is 0 Å². The summed E-state index contributed by atoms with van der Waals surface area (Å²) in [6, 6.07) is 6.99. The quantitative estimate of drug-likeness (QED) is 0.884. The average Bonchev–Trinajstić information content (AvgIpc) is 3.40. The predicted molar refractivity (Wildman–Crippen MR) is 88.3 cm³/mol. The van der Waals surface area contributed by atoms with Crippen LogP contribution >= 0.6 is 0 Å². The molecule has 2 atom stereocenters. The third-order valence-corrected chi connectivity index (χ3v) is 4.31. The minimum Gasteiger partial charge on any atom is -0.373 e. The van der Waals surface area contributed by atoms with Gasteiger partial charge in [-0.2, -0.15) is 0 Å². The molecule has 2 unspecified atom stereocenters. The molecule has 23 heavy (non-hydrogen) atoms. The van der Waals surface area contributed by atoms with Crippen LogP contribution in [0.15, 0.2) is 36.9 Å². The van der Waals surface area contributed by atoms with Crippen molar-refractivity contribution in [3.8, 4) is 0 Å². The molecule has 0 radical (unpaired) electrons. The third-order valence-electron chi connectivity index (χ3n) is 4.31. The molecule has 1 aliphatic heterocycles. The van der Waals surface area contributed by atoms with Crippen LogP contribution < -0.4 is 10.6 Å². The second kappa shape index (κ2) is 6.50. The number of anilines is 2. The van der Waals surface area contributed by atoms with E-state index in [2.05, 4.69) is 25.6 Å². The maximum Gasteiger partial charge on any atom is 0.131 e. The Balaban J connectivity index is 1.40. The molecule has 120 valence electrons. The monoisotopic (exact) mass is 311 g/mol. The van der Waals surface area contributed by atoms with Gasteiger partial charge in [-0.15, -0.1) is 0 Å². The van der Waals surface area contributed by atoms with Crippen LogP contribution in [0.2, 0.25) is 0 Å². The van der Waals surface area contributed by atoms with Crippen LogP contribution in [0.3, 0.4) is 0 Å². The number of hydrogen-bond donors (Lipinski definition) is 2. The van der Waals surface area contributed by atoms with E-state index in [1.165, 1.54) is 18.4 Å². The zero-order chi connectivity index (χ0) is 15.5. The second-order valence-corrected chi connectivity index (χ2v) is 6.21. The standard InChI is InChI=1S/C17H21N5O/c1-2-13(1)21-16-10-17(20-11-19-16)22-14-5-8-23-15(9-14)12-3-6-18-7-4-12/h3-4,6-7,10-11,13-15H,1-2,5,8-9H2,(H2,19,20,21,22). The van der Waals surface area contributed by atoms with Gasteiger partial charge in [-0.25, -0.2) is 9.97 Å². The summed E-state index contributed by atoms with van der Waals surface area (Å²) in [4.78, 5) is 12.7. The second-order valence-electron chi connectivity index (χ2n) is 6.21. The summed E-state index contributed by atoms with van der Waals surface area (Å²) in [6.45, 7) is 0.753. The van der Waals surface area contributed by atoms with Crippen molar-refractivity contribution in [2.75, 3.05) is 17.2 Å². The lowest BCUT2D eigenvalue weighted by Crippen LogP contribution is -2.30. The van der Waals surface area contributed by atoms with Crippen molar-refractivity contribution < 1.29 is 4.74 Å². The first-order chi connectivity index (χ1) is 11.4. The van der Waals surface area contributed by atoms with Crippen LogP contribution in [-0.2, 0) is 4.74 Å². The van der Waals surface area contributed by atoms with E-state index < -0.39 is 0 Å². The molecular formula is C17H21N5O. The molecule has 0 amide bonds. The lowest BCUT2D eigenvalue weighted by Gasteiger charge is -2.30. The number of nitrogens with zero attached hydrogens (tertiary/aromatic N) is 3. The van der Waals surface area contributed by atoms with Gasteiger partial charge in [0.1, 0.15) is 18.0 Å². The summed E-state index contributed by atoms with van der Waals surface area (Å²) in [5.74, 6) is 1.78. The number of ether oxygens (including phenoxy) is 1. The van der Waals surface area contributed by atoms with Crippen LogP contribution in [0.1, 0.15) is 37.4 Å². The molecule has 1 aliphatic carbocycles. The fourth-order valence-corrected chi connectivity index (χ4v) is 2.90. The maximum atomic E-state index is 5.90. The van der Waals surface area contributed by atoms with Gasteiger partial charge in [0.05, 0.1) is 6.10 Å². The van der Waals surface area contributed by atoms with Gasteiger partial charge in [0.25, 0.3) is 0 Å². The Kier molecular flexibility index (Phi) is 4.06. The molecule has 4 rings (SSSR count). The molecule has 0 bridgehead atoms. The fourth-order valence-electron chi connectivity index (χ4n) is 2.90. The first-order valence-corrected chi connectivity index (χ1v) is 8.23. The van der Waals surface area contributed by atoms with Crippen molar-refractivity contribution in [1.29, 1.82) is 0 Å². The summed E-state index contributed by atoms with van der Waals surface area (Å²) in [5.41, 5.74) is 1.19. The molecule has 1 saturated heterocycles. The van der Waals surface area contributed by atoms with E-state index in [-0.39, 0.29) is 6.10 Å². The van der Waals surface area contributed by atoms with E-state index in [9.17, 15) is 0 Å². The normalized spacial score (nSPS) is 24.2. The highest BCUT2D eigenvalue weighted by molar-refractivity contribution is 5.48. The zero-order valence-electron chi connectivity index (χ0n) is 13.0. The lowest BCUT2D eigenvalue weighted by molar-refractivity contribution is 0.00970. The van der Waals surface area contributed by atoms with Crippen LogP contribution in [-0.4, -0.2) is 33.6 Å².